The van der Waals surface area contributed by atoms with E-state index in [1.54, 1.807) is 12.1 Å². The summed E-state index contributed by atoms with van der Waals surface area (Å²) in [6.45, 7) is 0. The van der Waals surface area contributed by atoms with Crippen molar-refractivity contribution < 1.29 is 24.2 Å². The number of hydrogen-bond donors (Lipinski definition) is 2. The maximum Gasteiger partial charge on any atom is 0.320 e. The number of carbonyl (C=O) groups excluding carboxylic acids is 1. The normalized spacial score (nSPS) is 12.1. The number of phenolic OH excluding ortho intramolecular Hbond substituents is 2. The molecule has 18 heavy (non-hydrogen) atoms. The fourth-order valence-electron chi connectivity index (χ4n) is 1.77. The summed E-state index contributed by atoms with van der Waals surface area (Å²) in [5.74, 6) is -1.24. The van der Waals surface area contributed by atoms with Crippen molar-refractivity contribution in [2.75, 3.05) is 7.11 Å². The maximum absolute atomic E-state index is 11.8. The van der Waals surface area contributed by atoms with E-state index in [9.17, 15) is 15.0 Å². The minimum absolute atomic E-state index is 0.134. The average molecular weight is 248 g/mol. The Balaban J connectivity index is 2.49. The molecule has 0 bridgehead atoms. The Labute approximate surface area is 103 Å². The van der Waals surface area contributed by atoms with Crippen molar-refractivity contribution in [1.82, 2.24) is 0 Å². The van der Waals surface area contributed by atoms with E-state index in [1.165, 1.54) is 31.6 Å². The van der Waals surface area contributed by atoms with Crippen molar-refractivity contribution in [3.8, 4) is 11.5 Å². The maximum atomic E-state index is 11.8. The van der Waals surface area contributed by atoms with Crippen molar-refractivity contribution in [3.63, 3.8) is 0 Å². The molecule has 0 saturated carbocycles. The van der Waals surface area contributed by atoms with Gasteiger partial charge in [-0.25, -0.2) is 0 Å². The number of carbonyl (C=O) groups is 1. The smallest absolute Gasteiger partial charge is 0.320 e. The number of aromatic hydroxyl groups is 2. The minimum atomic E-state index is -0.817. The van der Waals surface area contributed by atoms with E-state index in [4.69, 9.17) is 9.15 Å². The largest absolute Gasteiger partial charge is 0.508 e. The summed E-state index contributed by atoms with van der Waals surface area (Å²) in [6, 6.07) is 7.21. The van der Waals surface area contributed by atoms with E-state index in [2.05, 4.69) is 0 Å². The number of furan rings is 1. The number of rotatable bonds is 3. The number of hydrogen-bond acceptors (Lipinski definition) is 5. The molecule has 0 aliphatic heterocycles. The predicted octanol–water partition coefficient (Wildman–Crippen LogP) is 2.00. The van der Waals surface area contributed by atoms with Crippen LogP contribution in [0.3, 0.4) is 0 Å². The van der Waals surface area contributed by atoms with Crippen molar-refractivity contribution >= 4 is 5.97 Å². The third-order valence-electron chi connectivity index (χ3n) is 2.52. The summed E-state index contributed by atoms with van der Waals surface area (Å²) >= 11 is 0. The molecule has 0 amide bonds. The lowest BCUT2D eigenvalue weighted by Crippen LogP contribution is -2.15. The second-order valence-electron chi connectivity index (χ2n) is 3.75. The quantitative estimate of drug-likeness (QED) is 0.812. The van der Waals surface area contributed by atoms with Crippen molar-refractivity contribution in [2.24, 2.45) is 0 Å². The third-order valence-corrected chi connectivity index (χ3v) is 2.52. The van der Waals surface area contributed by atoms with Crippen LogP contribution in [0, 0.1) is 0 Å². The highest BCUT2D eigenvalue weighted by Gasteiger charge is 2.27. The molecule has 1 aromatic carbocycles. The lowest BCUT2D eigenvalue weighted by molar-refractivity contribution is -0.141. The molecule has 0 spiro atoms. The van der Waals surface area contributed by atoms with Gasteiger partial charge >= 0.3 is 5.97 Å². The summed E-state index contributed by atoms with van der Waals surface area (Å²) < 4.78 is 9.90. The Morgan fingerprint density at radius 2 is 1.94 bits per heavy atom. The summed E-state index contributed by atoms with van der Waals surface area (Å²) in [5, 5.41) is 18.9. The molecule has 1 unspecified atom stereocenters. The van der Waals surface area contributed by atoms with Gasteiger partial charge in [0.05, 0.1) is 13.4 Å². The third kappa shape index (κ3) is 2.29. The fourth-order valence-corrected chi connectivity index (χ4v) is 1.77. The Morgan fingerprint density at radius 3 is 2.44 bits per heavy atom. The lowest BCUT2D eigenvalue weighted by Gasteiger charge is -2.13. The van der Waals surface area contributed by atoms with E-state index >= 15 is 0 Å². The van der Waals surface area contributed by atoms with Crippen LogP contribution in [-0.2, 0) is 9.53 Å². The van der Waals surface area contributed by atoms with Crippen LogP contribution < -0.4 is 0 Å². The molecule has 2 rings (SSSR count). The predicted molar refractivity (Wildman–Crippen MR) is 62.3 cm³/mol. The molecular weight excluding hydrogens is 236 g/mol. The number of ether oxygens (including phenoxy) is 1. The number of phenols is 2. The van der Waals surface area contributed by atoms with Crippen LogP contribution in [0.4, 0.5) is 0 Å². The van der Waals surface area contributed by atoms with Gasteiger partial charge in [0.15, 0.2) is 0 Å². The van der Waals surface area contributed by atoms with Gasteiger partial charge in [-0.1, -0.05) is 0 Å². The molecule has 94 valence electrons. The molecule has 1 atom stereocenters. The van der Waals surface area contributed by atoms with Gasteiger partial charge in [0.1, 0.15) is 23.2 Å². The van der Waals surface area contributed by atoms with E-state index in [0.717, 1.165) is 0 Å². The van der Waals surface area contributed by atoms with Crippen molar-refractivity contribution in [2.45, 2.75) is 5.92 Å². The molecule has 1 heterocycles. The van der Waals surface area contributed by atoms with Gasteiger partial charge in [-0.05, 0) is 29.8 Å². The highest BCUT2D eigenvalue weighted by Crippen LogP contribution is 2.31. The Kier molecular flexibility index (Phi) is 3.23. The Hall–Kier alpha value is -2.43. The highest BCUT2D eigenvalue weighted by molar-refractivity contribution is 5.81. The first-order valence-electron chi connectivity index (χ1n) is 5.26. The summed E-state index contributed by atoms with van der Waals surface area (Å²) in [5.41, 5.74) is 0.398. The van der Waals surface area contributed by atoms with E-state index in [1.807, 2.05) is 0 Å². The zero-order chi connectivity index (χ0) is 13.1. The van der Waals surface area contributed by atoms with E-state index in [0.29, 0.717) is 11.3 Å². The van der Waals surface area contributed by atoms with Crippen LogP contribution in [0.2, 0.25) is 0 Å². The van der Waals surface area contributed by atoms with Crippen LogP contribution in [-0.4, -0.2) is 23.3 Å². The van der Waals surface area contributed by atoms with Gasteiger partial charge in [-0.2, -0.15) is 0 Å². The van der Waals surface area contributed by atoms with E-state index in [-0.39, 0.29) is 11.5 Å². The zero-order valence-electron chi connectivity index (χ0n) is 9.66. The Morgan fingerprint density at radius 1 is 1.28 bits per heavy atom. The van der Waals surface area contributed by atoms with Crippen molar-refractivity contribution in [3.05, 3.63) is 47.9 Å². The molecule has 0 saturated heterocycles. The molecule has 5 heteroatoms. The SMILES string of the molecule is COC(=O)C(c1cc(O)cc(O)c1)c1ccco1. The first kappa shape index (κ1) is 12.0. The van der Waals surface area contributed by atoms with E-state index < -0.39 is 11.9 Å². The first-order valence-corrected chi connectivity index (χ1v) is 5.26. The first-order chi connectivity index (χ1) is 8.61. The molecule has 0 fully saturated rings. The molecule has 1 aromatic heterocycles. The van der Waals surface area contributed by atoms with Crippen LogP contribution in [0.1, 0.15) is 17.2 Å². The van der Waals surface area contributed by atoms with Crippen LogP contribution >= 0.6 is 0 Å². The molecule has 2 aromatic rings. The second-order valence-corrected chi connectivity index (χ2v) is 3.75. The monoisotopic (exact) mass is 248 g/mol. The molecule has 0 aliphatic rings. The second kappa shape index (κ2) is 4.83. The minimum Gasteiger partial charge on any atom is -0.508 e. The highest BCUT2D eigenvalue weighted by atomic mass is 16.5. The van der Waals surface area contributed by atoms with Gasteiger partial charge in [0, 0.05) is 6.07 Å². The fraction of sp³-hybridized carbons (Fsp3) is 0.154. The summed E-state index contributed by atoms with van der Waals surface area (Å²) in [6.07, 6.45) is 1.44. The molecule has 2 N–H and O–H groups in total. The van der Waals surface area contributed by atoms with Crippen LogP contribution in [0.25, 0.3) is 0 Å². The van der Waals surface area contributed by atoms with Gasteiger partial charge < -0.3 is 19.4 Å². The van der Waals surface area contributed by atoms with Crippen molar-refractivity contribution in [1.29, 1.82) is 0 Å². The summed E-state index contributed by atoms with van der Waals surface area (Å²) in [7, 11) is 1.26. The molecule has 5 nitrogen and oxygen atoms in total. The number of benzene rings is 1. The number of methoxy groups -OCH3 is 1. The van der Waals surface area contributed by atoms with Gasteiger partial charge in [0.25, 0.3) is 0 Å². The standard InChI is InChI=1S/C13H12O5/c1-17-13(16)12(11-3-2-4-18-11)8-5-9(14)7-10(15)6-8/h2-7,12,14-15H,1H3. The topological polar surface area (TPSA) is 79.9 Å². The molecule has 0 radical (unpaired) electrons. The number of esters is 1. The lowest BCUT2D eigenvalue weighted by atomic mass is 9.96. The zero-order valence-corrected chi connectivity index (χ0v) is 9.66. The Bertz CT molecular complexity index is 524. The van der Waals surface area contributed by atoms with Gasteiger partial charge in [0.2, 0.25) is 0 Å². The molecular formula is C13H12O5. The van der Waals surface area contributed by atoms with Crippen LogP contribution in [0.15, 0.2) is 41.0 Å². The van der Waals surface area contributed by atoms with Gasteiger partial charge in [-0.15, -0.1) is 0 Å². The van der Waals surface area contributed by atoms with Gasteiger partial charge in [-0.3, -0.25) is 4.79 Å². The average Bonchev–Trinajstić information content (AvgIpc) is 2.81. The molecule has 0 aliphatic carbocycles. The summed E-state index contributed by atoms with van der Waals surface area (Å²) in [4.78, 5) is 11.8. The van der Waals surface area contributed by atoms with Crippen LogP contribution in [0.5, 0.6) is 11.5 Å².